The smallest absolute Gasteiger partial charge is 0.0393 e. The second-order valence-corrected chi connectivity index (χ2v) is 6.08. The molecule has 0 bridgehead atoms. The SMILES string of the molecule is NC(CC1CCCNC1)c1cc(Br)cs1. The maximum absolute atomic E-state index is 6.20. The van der Waals surface area contributed by atoms with E-state index in [2.05, 4.69) is 32.7 Å². The molecule has 1 aliphatic rings. The minimum atomic E-state index is 0.214. The largest absolute Gasteiger partial charge is 0.323 e. The maximum atomic E-state index is 6.20. The Bertz CT molecular complexity index is 307. The molecule has 1 aliphatic heterocycles. The minimum absolute atomic E-state index is 0.214. The third kappa shape index (κ3) is 3.28. The van der Waals surface area contributed by atoms with Gasteiger partial charge < -0.3 is 11.1 Å². The molecule has 2 nitrogen and oxygen atoms in total. The Morgan fingerprint density at radius 3 is 3.13 bits per heavy atom. The molecule has 1 saturated heterocycles. The fraction of sp³-hybridized carbons (Fsp3) is 0.636. The van der Waals surface area contributed by atoms with Crippen LogP contribution < -0.4 is 11.1 Å². The number of rotatable bonds is 3. The van der Waals surface area contributed by atoms with E-state index in [1.54, 1.807) is 11.3 Å². The Kier molecular flexibility index (Phi) is 4.20. The minimum Gasteiger partial charge on any atom is -0.323 e. The molecule has 4 heteroatoms. The topological polar surface area (TPSA) is 38.0 Å². The van der Waals surface area contributed by atoms with Gasteiger partial charge in [0.1, 0.15) is 0 Å². The number of nitrogens with two attached hydrogens (primary N) is 1. The fourth-order valence-corrected chi connectivity index (χ4v) is 3.58. The lowest BCUT2D eigenvalue weighted by Crippen LogP contribution is -2.31. The van der Waals surface area contributed by atoms with Gasteiger partial charge in [-0.2, -0.15) is 0 Å². The molecule has 0 aliphatic carbocycles. The van der Waals surface area contributed by atoms with Crippen LogP contribution in [0.3, 0.4) is 0 Å². The fourth-order valence-electron chi connectivity index (χ4n) is 2.12. The van der Waals surface area contributed by atoms with Gasteiger partial charge in [0.05, 0.1) is 0 Å². The summed E-state index contributed by atoms with van der Waals surface area (Å²) in [6.45, 7) is 2.32. The van der Waals surface area contributed by atoms with E-state index in [0.29, 0.717) is 0 Å². The van der Waals surface area contributed by atoms with E-state index in [4.69, 9.17) is 5.73 Å². The molecule has 2 heterocycles. The third-order valence-electron chi connectivity index (χ3n) is 2.94. The highest BCUT2D eigenvalue weighted by Crippen LogP contribution is 2.29. The van der Waals surface area contributed by atoms with E-state index < -0.39 is 0 Å². The Hall–Kier alpha value is 0.1000. The number of hydrogen-bond acceptors (Lipinski definition) is 3. The molecule has 0 saturated carbocycles. The molecule has 2 rings (SSSR count). The van der Waals surface area contributed by atoms with Gasteiger partial charge in [-0.15, -0.1) is 11.3 Å². The van der Waals surface area contributed by atoms with Crippen molar-refractivity contribution in [1.29, 1.82) is 0 Å². The monoisotopic (exact) mass is 288 g/mol. The van der Waals surface area contributed by atoms with Gasteiger partial charge in [-0.05, 0) is 60.3 Å². The predicted molar refractivity (Wildman–Crippen MR) is 69.2 cm³/mol. The van der Waals surface area contributed by atoms with Crippen LogP contribution in [0.4, 0.5) is 0 Å². The average molecular weight is 289 g/mol. The molecule has 0 spiro atoms. The van der Waals surface area contributed by atoms with Crippen LogP contribution >= 0.6 is 27.3 Å². The molecular weight excluding hydrogens is 272 g/mol. The van der Waals surface area contributed by atoms with Crippen LogP contribution in [0.25, 0.3) is 0 Å². The highest BCUT2D eigenvalue weighted by molar-refractivity contribution is 9.10. The first kappa shape index (κ1) is 11.6. The van der Waals surface area contributed by atoms with Gasteiger partial charge in [0, 0.05) is 20.8 Å². The van der Waals surface area contributed by atoms with Crippen molar-refractivity contribution in [3.63, 3.8) is 0 Å². The lowest BCUT2D eigenvalue weighted by Gasteiger charge is -2.24. The summed E-state index contributed by atoms with van der Waals surface area (Å²) in [7, 11) is 0. The van der Waals surface area contributed by atoms with Gasteiger partial charge >= 0.3 is 0 Å². The van der Waals surface area contributed by atoms with Gasteiger partial charge in [0.25, 0.3) is 0 Å². The molecule has 2 unspecified atom stereocenters. The molecule has 15 heavy (non-hydrogen) atoms. The number of nitrogens with one attached hydrogen (secondary N) is 1. The van der Waals surface area contributed by atoms with Gasteiger partial charge in [0.15, 0.2) is 0 Å². The molecule has 1 fully saturated rings. The summed E-state index contributed by atoms with van der Waals surface area (Å²) in [4.78, 5) is 1.30. The van der Waals surface area contributed by atoms with Gasteiger partial charge in [-0.1, -0.05) is 0 Å². The standard InChI is InChI=1S/C11H17BrN2S/c12-9-5-11(15-7-9)10(13)4-8-2-1-3-14-6-8/h5,7-8,10,14H,1-4,6,13H2. The first-order valence-corrected chi connectivity index (χ1v) is 7.13. The maximum Gasteiger partial charge on any atom is 0.0393 e. The zero-order chi connectivity index (χ0) is 10.7. The highest BCUT2D eigenvalue weighted by atomic mass is 79.9. The lowest BCUT2D eigenvalue weighted by atomic mass is 9.92. The summed E-state index contributed by atoms with van der Waals surface area (Å²) in [5.74, 6) is 0.759. The normalized spacial score (nSPS) is 24.0. The van der Waals surface area contributed by atoms with Gasteiger partial charge in [0.2, 0.25) is 0 Å². The van der Waals surface area contributed by atoms with Crippen molar-refractivity contribution in [1.82, 2.24) is 5.32 Å². The molecule has 0 radical (unpaired) electrons. The second kappa shape index (κ2) is 5.43. The quantitative estimate of drug-likeness (QED) is 0.898. The predicted octanol–water partition coefficient (Wildman–Crippen LogP) is 2.90. The van der Waals surface area contributed by atoms with E-state index in [1.165, 1.54) is 24.3 Å². The zero-order valence-electron chi connectivity index (χ0n) is 8.71. The molecule has 3 N–H and O–H groups in total. The van der Waals surface area contributed by atoms with Crippen LogP contribution in [-0.4, -0.2) is 13.1 Å². The van der Waals surface area contributed by atoms with Crippen molar-refractivity contribution in [2.45, 2.75) is 25.3 Å². The van der Waals surface area contributed by atoms with Gasteiger partial charge in [-0.25, -0.2) is 0 Å². The van der Waals surface area contributed by atoms with E-state index in [-0.39, 0.29) is 6.04 Å². The number of hydrogen-bond donors (Lipinski definition) is 2. The van der Waals surface area contributed by atoms with Crippen molar-refractivity contribution >= 4 is 27.3 Å². The van der Waals surface area contributed by atoms with Crippen molar-refractivity contribution in [3.05, 3.63) is 20.8 Å². The first-order chi connectivity index (χ1) is 7.25. The van der Waals surface area contributed by atoms with Crippen molar-refractivity contribution < 1.29 is 0 Å². The Labute approximate surface area is 103 Å². The third-order valence-corrected chi connectivity index (χ3v) is 4.76. The summed E-state index contributed by atoms with van der Waals surface area (Å²) in [6.07, 6.45) is 3.73. The molecule has 84 valence electrons. The average Bonchev–Trinajstić information content (AvgIpc) is 2.66. The summed E-state index contributed by atoms with van der Waals surface area (Å²) in [5, 5.41) is 5.54. The molecule has 1 aromatic heterocycles. The van der Waals surface area contributed by atoms with Gasteiger partial charge in [-0.3, -0.25) is 0 Å². The Balaban J connectivity index is 1.88. The number of thiophene rings is 1. The molecule has 1 aromatic rings. The molecule has 2 atom stereocenters. The molecular formula is C11H17BrN2S. The van der Waals surface area contributed by atoms with Crippen molar-refractivity contribution in [2.75, 3.05) is 13.1 Å². The Morgan fingerprint density at radius 2 is 2.53 bits per heavy atom. The number of piperidine rings is 1. The van der Waals surface area contributed by atoms with E-state index >= 15 is 0 Å². The molecule has 0 amide bonds. The zero-order valence-corrected chi connectivity index (χ0v) is 11.1. The summed E-state index contributed by atoms with van der Waals surface area (Å²) < 4.78 is 1.15. The summed E-state index contributed by atoms with van der Waals surface area (Å²) in [6, 6.07) is 2.36. The second-order valence-electron chi connectivity index (χ2n) is 4.22. The summed E-state index contributed by atoms with van der Waals surface area (Å²) >= 11 is 5.22. The van der Waals surface area contributed by atoms with Crippen LogP contribution in [0.15, 0.2) is 15.9 Å². The van der Waals surface area contributed by atoms with E-state index in [0.717, 1.165) is 23.4 Å². The Morgan fingerprint density at radius 1 is 1.67 bits per heavy atom. The van der Waals surface area contributed by atoms with Crippen LogP contribution in [0.2, 0.25) is 0 Å². The van der Waals surface area contributed by atoms with Crippen LogP contribution in [0.5, 0.6) is 0 Å². The van der Waals surface area contributed by atoms with Crippen LogP contribution in [-0.2, 0) is 0 Å². The van der Waals surface area contributed by atoms with Crippen LogP contribution in [0.1, 0.15) is 30.2 Å². The van der Waals surface area contributed by atoms with Crippen molar-refractivity contribution in [2.24, 2.45) is 11.7 Å². The van der Waals surface area contributed by atoms with E-state index in [9.17, 15) is 0 Å². The van der Waals surface area contributed by atoms with E-state index in [1.807, 2.05) is 0 Å². The first-order valence-electron chi connectivity index (χ1n) is 5.46. The number of halogens is 1. The lowest BCUT2D eigenvalue weighted by molar-refractivity contribution is 0.338. The highest BCUT2D eigenvalue weighted by Gasteiger charge is 2.18. The summed E-state index contributed by atoms with van der Waals surface area (Å²) in [5.41, 5.74) is 6.20. The van der Waals surface area contributed by atoms with Crippen LogP contribution in [0, 0.1) is 5.92 Å². The molecule has 0 aromatic carbocycles. The van der Waals surface area contributed by atoms with Crippen molar-refractivity contribution in [3.8, 4) is 0 Å².